The fraction of sp³-hybridized carbons (Fsp3) is 0.424. The first-order valence-corrected chi connectivity index (χ1v) is 15.7. The van der Waals surface area contributed by atoms with Gasteiger partial charge in [0.2, 0.25) is 11.8 Å². The number of hydrogen-bond donors (Lipinski definition) is 2. The molecule has 11 nitrogen and oxygen atoms in total. The second-order valence-electron chi connectivity index (χ2n) is 10.4. The van der Waals surface area contributed by atoms with Crippen molar-refractivity contribution >= 4 is 34.6 Å². The summed E-state index contributed by atoms with van der Waals surface area (Å²) in [6, 6.07) is 6.94. The molecule has 3 heterocycles. The van der Waals surface area contributed by atoms with Crippen molar-refractivity contribution < 1.29 is 23.8 Å². The average Bonchev–Trinajstić information content (AvgIpc) is 3.51. The largest absolute Gasteiger partial charge is 0.377 e. The smallest absolute Gasteiger partial charge is 0.247 e. The number of ether oxygens (including phenoxy) is 3. The Balaban J connectivity index is 1.54. The number of carbonyl (C=O) groups excluding carboxylic acids is 2. The summed E-state index contributed by atoms with van der Waals surface area (Å²) in [5.41, 5.74) is 4.37. The molecule has 0 aliphatic carbocycles. The number of terminal acetylenes is 1. The zero-order valence-electron chi connectivity index (χ0n) is 26.2. The summed E-state index contributed by atoms with van der Waals surface area (Å²) in [5, 5.41) is 15.7. The van der Waals surface area contributed by atoms with Crippen LogP contribution in [0.3, 0.4) is 0 Å². The van der Waals surface area contributed by atoms with Gasteiger partial charge in [0.25, 0.3) is 0 Å². The molecule has 0 spiro atoms. The number of carbonyl (C=O) groups is 2. The Kier molecular flexibility index (Phi) is 12.2. The molecule has 1 unspecified atom stereocenters. The standard InChI is InChI=1S/C33H40N6O5S/c1-7-15-42-17-19-44-20-18-43-16-14-34-32(41)26(8-2)30-31-38-37-23(6)39(31)33-28(21(4)22(5)45-33)29(36-30)24-10-12-25(13-11-24)35-27(40)9-3/h1,9-13,26,30H,3,8,14-20H2,2,4-6H3,(H,34,41)(H,35,40)/t26?,30-/m0/s1. The van der Waals surface area contributed by atoms with Crippen LogP contribution in [0.2, 0.25) is 0 Å². The molecule has 2 amide bonds. The summed E-state index contributed by atoms with van der Waals surface area (Å²) in [6.07, 6.45) is 6.91. The van der Waals surface area contributed by atoms with E-state index in [4.69, 9.17) is 25.6 Å². The number of rotatable bonds is 16. The van der Waals surface area contributed by atoms with Crippen molar-refractivity contribution in [3.63, 3.8) is 0 Å². The lowest BCUT2D eigenvalue weighted by atomic mass is 9.94. The number of benzene rings is 1. The molecule has 3 aromatic rings. The van der Waals surface area contributed by atoms with Gasteiger partial charge in [0.15, 0.2) is 5.82 Å². The van der Waals surface area contributed by atoms with Crippen LogP contribution >= 0.6 is 11.3 Å². The topological polar surface area (TPSA) is 129 Å². The second-order valence-corrected chi connectivity index (χ2v) is 11.6. The molecule has 238 valence electrons. The van der Waals surface area contributed by atoms with E-state index < -0.39 is 12.0 Å². The van der Waals surface area contributed by atoms with E-state index in [0.717, 1.165) is 38.1 Å². The van der Waals surface area contributed by atoms with Crippen molar-refractivity contribution in [2.45, 2.75) is 40.2 Å². The summed E-state index contributed by atoms with van der Waals surface area (Å²) < 4.78 is 18.3. The Bertz CT molecular complexity index is 1570. The van der Waals surface area contributed by atoms with Crippen LogP contribution in [0.1, 0.15) is 52.6 Å². The fourth-order valence-electron chi connectivity index (χ4n) is 5.02. The van der Waals surface area contributed by atoms with Gasteiger partial charge in [0, 0.05) is 28.2 Å². The lowest BCUT2D eigenvalue weighted by molar-refractivity contribution is -0.126. The van der Waals surface area contributed by atoms with Gasteiger partial charge in [-0.15, -0.1) is 28.0 Å². The lowest BCUT2D eigenvalue weighted by Crippen LogP contribution is -2.36. The Morgan fingerprint density at radius 1 is 1.09 bits per heavy atom. The quantitative estimate of drug-likeness (QED) is 0.138. The first kappa shape index (κ1) is 33.7. The minimum atomic E-state index is -0.586. The summed E-state index contributed by atoms with van der Waals surface area (Å²) in [5.74, 6) is 2.83. The number of hydrogen-bond acceptors (Lipinski definition) is 9. The molecule has 0 saturated heterocycles. The molecule has 12 heteroatoms. The van der Waals surface area contributed by atoms with Crippen LogP contribution in [0.4, 0.5) is 5.69 Å². The Labute approximate surface area is 268 Å². The molecule has 2 N–H and O–H groups in total. The number of aromatic nitrogens is 3. The maximum Gasteiger partial charge on any atom is 0.247 e. The van der Waals surface area contributed by atoms with E-state index in [0.29, 0.717) is 57.5 Å². The predicted octanol–water partition coefficient (Wildman–Crippen LogP) is 4.10. The van der Waals surface area contributed by atoms with Crippen LogP contribution in [-0.4, -0.2) is 78.5 Å². The molecule has 0 bridgehead atoms. The number of fused-ring (bicyclic) bond motifs is 3. The predicted molar refractivity (Wildman–Crippen MR) is 175 cm³/mol. The SMILES string of the molecule is C#CCOCCOCCOCCNC(=O)C(CC)[C@@H]1N=C(c2ccc(NC(=O)C=C)cc2)c2c(sc(C)c2C)-n2c(C)nnc21. The summed E-state index contributed by atoms with van der Waals surface area (Å²) >= 11 is 1.66. The van der Waals surface area contributed by atoms with Gasteiger partial charge in [0.05, 0.1) is 44.7 Å². The van der Waals surface area contributed by atoms with Crippen molar-refractivity contribution in [3.05, 3.63) is 70.1 Å². The van der Waals surface area contributed by atoms with Gasteiger partial charge in [-0.05, 0) is 51.0 Å². The summed E-state index contributed by atoms with van der Waals surface area (Å²) in [6.45, 7) is 14.2. The third-order valence-electron chi connectivity index (χ3n) is 7.43. The summed E-state index contributed by atoms with van der Waals surface area (Å²) in [4.78, 5) is 31.9. The molecule has 0 fully saturated rings. The van der Waals surface area contributed by atoms with Crippen LogP contribution in [-0.2, 0) is 23.8 Å². The highest BCUT2D eigenvalue weighted by atomic mass is 32.1. The van der Waals surface area contributed by atoms with Gasteiger partial charge in [-0.1, -0.05) is 31.6 Å². The first-order valence-electron chi connectivity index (χ1n) is 14.9. The minimum absolute atomic E-state index is 0.135. The highest BCUT2D eigenvalue weighted by molar-refractivity contribution is 7.15. The number of aryl methyl sites for hydroxylation is 2. The van der Waals surface area contributed by atoms with Crippen LogP contribution in [0.5, 0.6) is 0 Å². The van der Waals surface area contributed by atoms with E-state index in [1.165, 1.54) is 6.08 Å². The van der Waals surface area contributed by atoms with Gasteiger partial charge in [-0.25, -0.2) is 0 Å². The van der Waals surface area contributed by atoms with Crippen molar-refractivity contribution in [2.24, 2.45) is 10.9 Å². The molecular formula is C33H40N6O5S. The average molecular weight is 633 g/mol. The fourth-order valence-corrected chi connectivity index (χ4v) is 6.24. The number of nitrogens with one attached hydrogen (secondary N) is 2. The van der Waals surface area contributed by atoms with Crippen molar-refractivity contribution in [1.29, 1.82) is 0 Å². The van der Waals surface area contributed by atoms with E-state index in [-0.39, 0.29) is 18.4 Å². The second kappa shape index (κ2) is 16.2. The van der Waals surface area contributed by atoms with E-state index in [1.807, 2.05) is 42.7 Å². The molecule has 1 aliphatic rings. The number of thiophene rings is 1. The number of amides is 2. The van der Waals surface area contributed by atoms with Gasteiger partial charge in [-0.3, -0.25) is 19.1 Å². The molecule has 2 aromatic heterocycles. The van der Waals surface area contributed by atoms with E-state index >= 15 is 0 Å². The zero-order valence-corrected chi connectivity index (χ0v) is 27.0. The van der Waals surface area contributed by atoms with E-state index in [2.05, 4.69) is 47.2 Å². The maximum atomic E-state index is 13.6. The highest BCUT2D eigenvalue weighted by Gasteiger charge is 2.37. The Morgan fingerprint density at radius 2 is 1.78 bits per heavy atom. The molecule has 1 aliphatic heterocycles. The minimum Gasteiger partial charge on any atom is -0.377 e. The normalized spacial score (nSPS) is 14.4. The molecule has 4 rings (SSSR count). The van der Waals surface area contributed by atoms with Crippen LogP contribution in [0, 0.1) is 39.0 Å². The van der Waals surface area contributed by atoms with Crippen LogP contribution in [0.15, 0.2) is 41.9 Å². The first-order chi connectivity index (χ1) is 21.8. The number of nitrogens with zero attached hydrogens (tertiary/aromatic N) is 4. The van der Waals surface area contributed by atoms with Crippen LogP contribution in [0.25, 0.3) is 5.00 Å². The van der Waals surface area contributed by atoms with Crippen LogP contribution < -0.4 is 10.6 Å². The Hall–Kier alpha value is -4.15. The van der Waals surface area contributed by atoms with Gasteiger partial charge < -0.3 is 24.8 Å². The lowest BCUT2D eigenvalue weighted by Gasteiger charge is -2.22. The van der Waals surface area contributed by atoms with Gasteiger partial charge in [0.1, 0.15) is 23.5 Å². The summed E-state index contributed by atoms with van der Waals surface area (Å²) in [7, 11) is 0. The molecule has 45 heavy (non-hydrogen) atoms. The molecule has 0 radical (unpaired) electrons. The number of aliphatic imine (C=N–C) groups is 1. The third kappa shape index (κ3) is 8.12. The van der Waals surface area contributed by atoms with Crippen molar-refractivity contribution in [3.8, 4) is 17.3 Å². The monoisotopic (exact) mass is 632 g/mol. The van der Waals surface area contributed by atoms with Gasteiger partial charge in [-0.2, -0.15) is 0 Å². The van der Waals surface area contributed by atoms with Crippen molar-refractivity contribution in [2.75, 3.05) is 51.5 Å². The molecule has 1 aromatic carbocycles. The molecule has 0 saturated carbocycles. The van der Waals surface area contributed by atoms with Gasteiger partial charge >= 0.3 is 0 Å². The van der Waals surface area contributed by atoms with E-state index in [1.54, 1.807) is 11.3 Å². The van der Waals surface area contributed by atoms with E-state index in [9.17, 15) is 9.59 Å². The third-order valence-corrected chi connectivity index (χ3v) is 8.63. The zero-order chi connectivity index (χ0) is 32.3. The highest BCUT2D eigenvalue weighted by Crippen LogP contribution is 2.41. The Morgan fingerprint density at radius 3 is 2.44 bits per heavy atom. The maximum absolute atomic E-state index is 13.6. The van der Waals surface area contributed by atoms with Crippen molar-refractivity contribution in [1.82, 2.24) is 20.1 Å². The molecular weight excluding hydrogens is 592 g/mol. The molecule has 2 atom stereocenters. The number of anilines is 1.